The minimum atomic E-state index is -2.21. The van der Waals surface area contributed by atoms with E-state index in [9.17, 15) is 14.4 Å². The number of allylic oxidation sites excluding steroid dienone is 2. The minimum absolute atomic E-state index is 0.0958. The van der Waals surface area contributed by atoms with Crippen molar-refractivity contribution in [2.45, 2.75) is 38.9 Å². The Morgan fingerprint density at radius 1 is 1.11 bits per heavy atom. The molecule has 1 rings (SSSR count). The maximum Gasteiger partial charge on any atom is 0.324 e. The van der Waals surface area contributed by atoms with Gasteiger partial charge in [0.05, 0.1) is 5.57 Å². The highest BCUT2D eigenvalue weighted by atomic mass is 28.4. The highest BCUT2D eigenvalue weighted by molar-refractivity contribution is 6.75. The third kappa shape index (κ3) is 3.04. The van der Waals surface area contributed by atoms with Crippen LogP contribution in [0.3, 0.4) is 0 Å². The Hall–Kier alpha value is -1.49. The average molecular weight is 266 g/mol. The summed E-state index contributed by atoms with van der Waals surface area (Å²) in [5.41, 5.74) is 0.143. The molecule has 0 unspecified atom stereocenters. The van der Waals surface area contributed by atoms with Gasteiger partial charge in [0.25, 0.3) is 8.32 Å². The van der Waals surface area contributed by atoms with Crippen LogP contribution < -0.4 is 0 Å². The summed E-state index contributed by atoms with van der Waals surface area (Å²) < 4.78 is 5.54. The molecule has 0 aromatic carbocycles. The van der Waals surface area contributed by atoms with Crippen molar-refractivity contribution in [1.29, 1.82) is 0 Å². The van der Waals surface area contributed by atoms with Gasteiger partial charge in [-0.05, 0) is 30.3 Å². The van der Waals surface area contributed by atoms with Gasteiger partial charge >= 0.3 is 5.97 Å². The Morgan fingerprint density at radius 2 is 1.67 bits per heavy atom. The standard InChI is InChI=1S/C13H18O4Si/c1-13(2,3)18(4,5)17-12(16)9-6-7-10(14)11(15)8-9/h6-8H,1-5H3. The highest BCUT2D eigenvalue weighted by Gasteiger charge is 2.40. The minimum Gasteiger partial charge on any atom is -0.516 e. The number of rotatable bonds is 2. The van der Waals surface area contributed by atoms with Crippen LogP contribution in [0.2, 0.25) is 18.1 Å². The first-order chi connectivity index (χ1) is 8.04. The number of ketones is 2. The van der Waals surface area contributed by atoms with Crippen LogP contribution in [0.25, 0.3) is 0 Å². The van der Waals surface area contributed by atoms with Gasteiger partial charge in [0.15, 0.2) is 0 Å². The van der Waals surface area contributed by atoms with E-state index in [0.29, 0.717) is 0 Å². The molecule has 18 heavy (non-hydrogen) atoms. The van der Waals surface area contributed by atoms with Crippen LogP contribution in [-0.4, -0.2) is 25.9 Å². The van der Waals surface area contributed by atoms with Crippen molar-refractivity contribution in [3.63, 3.8) is 0 Å². The molecule has 4 nitrogen and oxygen atoms in total. The lowest BCUT2D eigenvalue weighted by Gasteiger charge is -2.35. The van der Waals surface area contributed by atoms with E-state index in [4.69, 9.17) is 4.43 Å². The molecule has 0 bridgehead atoms. The number of hydrogen-bond acceptors (Lipinski definition) is 4. The highest BCUT2D eigenvalue weighted by Crippen LogP contribution is 2.37. The van der Waals surface area contributed by atoms with Gasteiger partial charge in [-0.25, -0.2) is 4.79 Å². The van der Waals surface area contributed by atoms with Gasteiger partial charge in [-0.1, -0.05) is 20.8 Å². The van der Waals surface area contributed by atoms with Crippen LogP contribution in [0, 0.1) is 0 Å². The summed E-state index contributed by atoms with van der Waals surface area (Å²) in [4.78, 5) is 34.1. The molecule has 0 spiro atoms. The Balaban J connectivity index is 2.86. The van der Waals surface area contributed by atoms with E-state index in [1.54, 1.807) is 0 Å². The van der Waals surface area contributed by atoms with E-state index >= 15 is 0 Å². The fourth-order valence-corrected chi connectivity index (χ4v) is 1.97. The fourth-order valence-electron chi connectivity index (χ4n) is 1.08. The summed E-state index contributed by atoms with van der Waals surface area (Å²) in [6.07, 6.45) is 3.47. The predicted molar refractivity (Wildman–Crippen MR) is 70.5 cm³/mol. The Kier molecular flexibility index (Phi) is 3.76. The predicted octanol–water partition coefficient (Wildman–Crippen LogP) is 2.17. The van der Waals surface area contributed by atoms with Crippen molar-refractivity contribution in [2.24, 2.45) is 0 Å². The van der Waals surface area contributed by atoms with Crippen LogP contribution >= 0.6 is 0 Å². The van der Waals surface area contributed by atoms with Gasteiger partial charge in [-0.2, -0.15) is 0 Å². The second kappa shape index (κ2) is 4.64. The molecule has 0 atom stereocenters. The van der Waals surface area contributed by atoms with Gasteiger partial charge in [-0.3, -0.25) is 9.59 Å². The molecule has 0 saturated carbocycles. The van der Waals surface area contributed by atoms with Gasteiger partial charge in [-0.15, -0.1) is 0 Å². The van der Waals surface area contributed by atoms with Gasteiger partial charge in [0.1, 0.15) is 0 Å². The molecule has 0 amide bonds. The van der Waals surface area contributed by atoms with E-state index in [2.05, 4.69) is 0 Å². The van der Waals surface area contributed by atoms with E-state index in [-0.39, 0.29) is 10.6 Å². The Morgan fingerprint density at radius 3 is 2.11 bits per heavy atom. The average Bonchev–Trinajstić information content (AvgIpc) is 2.19. The monoisotopic (exact) mass is 266 g/mol. The zero-order valence-electron chi connectivity index (χ0n) is 11.4. The summed E-state index contributed by atoms with van der Waals surface area (Å²) in [5.74, 6) is -1.82. The Bertz CT molecular complexity index is 464. The van der Waals surface area contributed by atoms with Crippen LogP contribution in [0.1, 0.15) is 20.8 Å². The SMILES string of the molecule is CC(C)(C)[Si](C)(C)OC(=O)C1=CC(=O)C(=O)C=C1. The van der Waals surface area contributed by atoms with Crippen molar-refractivity contribution in [1.82, 2.24) is 0 Å². The molecule has 0 aliphatic heterocycles. The first-order valence-corrected chi connectivity index (χ1v) is 8.67. The molecule has 0 aromatic heterocycles. The Labute approximate surface area is 108 Å². The first kappa shape index (κ1) is 14.6. The molecule has 0 aromatic rings. The van der Waals surface area contributed by atoms with Gasteiger partial charge in [0.2, 0.25) is 11.6 Å². The molecule has 1 aliphatic rings. The molecule has 0 radical (unpaired) electrons. The lowest BCUT2D eigenvalue weighted by Crippen LogP contribution is -2.43. The van der Waals surface area contributed by atoms with Crippen molar-refractivity contribution in [2.75, 3.05) is 0 Å². The van der Waals surface area contributed by atoms with Crippen LogP contribution in [0.5, 0.6) is 0 Å². The van der Waals surface area contributed by atoms with Crippen molar-refractivity contribution in [3.05, 3.63) is 23.8 Å². The maximum atomic E-state index is 11.9. The van der Waals surface area contributed by atoms with Gasteiger partial charge < -0.3 is 4.43 Å². The lowest BCUT2D eigenvalue weighted by molar-refractivity contribution is -0.132. The van der Waals surface area contributed by atoms with Crippen molar-refractivity contribution in [3.8, 4) is 0 Å². The first-order valence-electron chi connectivity index (χ1n) is 5.76. The van der Waals surface area contributed by atoms with E-state index < -0.39 is 25.9 Å². The van der Waals surface area contributed by atoms with Crippen LogP contribution in [0.15, 0.2) is 23.8 Å². The summed E-state index contributed by atoms with van der Waals surface area (Å²) in [5, 5.41) is -0.0958. The normalized spacial score (nSPS) is 16.6. The van der Waals surface area contributed by atoms with Crippen LogP contribution in [0.4, 0.5) is 0 Å². The van der Waals surface area contributed by atoms with Gasteiger partial charge in [0, 0.05) is 6.08 Å². The number of carbonyl (C=O) groups excluding carboxylic acids is 3. The fraction of sp³-hybridized carbons (Fsp3) is 0.462. The molecule has 1 aliphatic carbocycles. The van der Waals surface area contributed by atoms with E-state index in [1.807, 2.05) is 33.9 Å². The molecule has 0 saturated heterocycles. The molecular weight excluding hydrogens is 248 g/mol. The third-order valence-corrected chi connectivity index (χ3v) is 7.64. The largest absolute Gasteiger partial charge is 0.516 e. The van der Waals surface area contributed by atoms with Crippen LogP contribution in [-0.2, 0) is 18.8 Å². The quantitative estimate of drug-likeness (QED) is 0.436. The zero-order chi connectivity index (χ0) is 14.1. The summed E-state index contributed by atoms with van der Waals surface area (Å²) in [6.45, 7) is 9.96. The molecule has 5 heteroatoms. The third-order valence-electron chi connectivity index (χ3n) is 3.33. The second-order valence-corrected chi connectivity index (χ2v) is 10.5. The number of hydrogen-bond donors (Lipinski definition) is 0. The summed E-state index contributed by atoms with van der Waals surface area (Å²) in [7, 11) is -2.21. The van der Waals surface area contributed by atoms with Crippen molar-refractivity contribution < 1.29 is 18.8 Å². The summed E-state index contributed by atoms with van der Waals surface area (Å²) >= 11 is 0. The maximum absolute atomic E-state index is 11.9. The summed E-state index contributed by atoms with van der Waals surface area (Å²) in [6, 6.07) is 0. The number of carbonyl (C=O) groups is 3. The molecule has 0 heterocycles. The zero-order valence-corrected chi connectivity index (χ0v) is 12.4. The lowest BCUT2D eigenvalue weighted by atomic mass is 10.1. The smallest absolute Gasteiger partial charge is 0.324 e. The molecular formula is C13H18O4Si. The topological polar surface area (TPSA) is 60.4 Å². The van der Waals surface area contributed by atoms with Crippen molar-refractivity contribution >= 4 is 25.9 Å². The molecule has 98 valence electrons. The molecule has 0 fully saturated rings. The van der Waals surface area contributed by atoms with E-state index in [0.717, 1.165) is 12.2 Å². The molecule has 0 N–H and O–H groups in total. The van der Waals surface area contributed by atoms with E-state index in [1.165, 1.54) is 6.08 Å². The second-order valence-electron chi connectivity index (χ2n) is 5.81.